The van der Waals surface area contributed by atoms with Crippen molar-refractivity contribution in [2.45, 2.75) is 64.5 Å². The van der Waals surface area contributed by atoms with Gasteiger partial charge in [0.05, 0.1) is 6.61 Å². The number of halogens is 2. The lowest BCUT2D eigenvalue weighted by Crippen LogP contribution is -2.42. The Morgan fingerprint density at radius 1 is 1.41 bits per heavy atom. The molecule has 0 bridgehead atoms. The molecule has 1 unspecified atom stereocenters. The first-order chi connectivity index (χ1) is 9.90. The molecule has 3 nitrogen and oxygen atoms in total. The summed E-state index contributed by atoms with van der Waals surface area (Å²) in [6.07, 6.45) is 4.93. The van der Waals surface area contributed by atoms with Crippen LogP contribution in [0.4, 0.5) is 8.78 Å². The van der Waals surface area contributed by atoms with Crippen LogP contribution in [0.2, 0.25) is 18.1 Å². The summed E-state index contributed by atoms with van der Waals surface area (Å²) in [4.78, 5) is 11.6. The van der Waals surface area contributed by atoms with Crippen LogP contribution < -0.4 is 0 Å². The van der Waals surface area contributed by atoms with E-state index in [1.807, 2.05) is 0 Å². The zero-order chi connectivity index (χ0) is 17.2. The predicted octanol–water partition coefficient (Wildman–Crippen LogP) is 4.46. The van der Waals surface area contributed by atoms with Crippen LogP contribution in [-0.2, 0) is 14.0 Å². The van der Waals surface area contributed by atoms with Crippen molar-refractivity contribution in [1.82, 2.24) is 0 Å². The Bertz CT molecular complexity index is 478. The van der Waals surface area contributed by atoms with Gasteiger partial charge in [0.25, 0.3) is 0 Å². The summed E-state index contributed by atoms with van der Waals surface area (Å²) in [5.74, 6) is -0.426. The summed E-state index contributed by atoms with van der Waals surface area (Å²) in [7, 11) is -1.87. The van der Waals surface area contributed by atoms with Gasteiger partial charge in [-0.05, 0) is 36.7 Å². The zero-order valence-electron chi connectivity index (χ0n) is 14.2. The number of alkyl halides is 2. The van der Waals surface area contributed by atoms with E-state index in [0.29, 0.717) is 6.61 Å². The van der Waals surface area contributed by atoms with Gasteiger partial charge >= 0.3 is 6.61 Å². The van der Waals surface area contributed by atoms with E-state index >= 15 is 0 Å². The molecule has 0 aliphatic heterocycles. The van der Waals surface area contributed by atoms with Crippen molar-refractivity contribution in [1.29, 1.82) is 0 Å². The van der Waals surface area contributed by atoms with Crippen molar-refractivity contribution in [3.8, 4) is 0 Å². The molecule has 126 valence electrons. The molecule has 0 N–H and O–H groups in total. The molecule has 0 spiro atoms. The second-order valence-electron chi connectivity index (χ2n) is 7.19. The molecule has 0 aromatic heterocycles. The van der Waals surface area contributed by atoms with Crippen LogP contribution in [-0.4, -0.2) is 32.9 Å². The van der Waals surface area contributed by atoms with Crippen LogP contribution in [0.1, 0.15) is 34.1 Å². The first kappa shape index (κ1) is 19.2. The SMILES string of the molecule is CC(=O)C1(OC(F)F)C=CC(CO[Si](C)(C)C(C)(C)C)=CC1. The maximum atomic E-state index is 12.5. The van der Waals surface area contributed by atoms with Gasteiger partial charge in [0, 0.05) is 6.42 Å². The number of ether oxygens (including phenoxy) is 1. The number of ketones is 1. The minimum atomic E-state index is -2.98. The van der Waals surface area contributed by atoms with Crippen molar-refractivity contribution in [3.05, 3.63) is 23.8 Å². The van der Waals surface area contributed by atoms with Gasteiger partial charge in [-0.2, -0.15) is 8.78 Å². The van der Waals surface area contributed by atoms with E-state index in [2.05, 4.69) is 38.6 Å². The fourth-order valence-corrected chi connectivity index (χ4v) is 2.80. The highest BCUT2D eigenvalue weighted by atomic mass is 28.4. The Kier molecular flexibility index (Phi) is 5.86. The Labute approximate surface area is 132 Å². The van der Waals surface area contributed by atoms with Gasteiger partial charge in [-0.25, -0.2) is 0 Å². The van der Waals surface area contributed by atoms with E-state index in [0.717, 1.165) is 5.57 Å². The van der Waals surface area contributed by atoms with Crippen LogP contribution >= 0.6 is 0 Å². The average molecular weight is 332 g/mol. The molecule has 1 aliphatic carbocycles. The lowest BCUT2D eigenvalue weighted by atomic mass is 9.89. The first-order valence-electron chi connectivity index (χ1n) is 7.39. The van der Waals surface area contributed by atoms with Crippen LogP contribution in [0.3, 0.4) is 0 Å². The van der Waals surface area contributed by atoms with Crippen LogP contribution in [0.15, 0.2) is 23.8 Å². The molecular weight excluding hydrogens is 306 g/mol. The largest absolute Gasteiger partial charge is 0.413 e. The summed E-state index contributed by atoms with van der Waals surface area (Å²) in [6, 6.07) is 0. The second-order valence-corrected chi connectivity index (χ2v) is 12.0. The molecule has 0 radical (unpaired) electrons. The van der Waals surface area contributed by atoms with Crippen LogP contribution in [0.25, 0.3) is 0 Å². The van der Waals surface area contributed by atoms with Crippen molar-refractivity contribution in [3.63, 3.8) is 0 Å². The third-order valence-corrected chi connectivity index (χ3v) is 9.01. The molecule has 1 aliphatic rings. The highest BCUT2D eigenvalue weighted by Crippen LogP contribution is 2.37. The summed E-state index contributed by atoms with van der Waals surface area (Å²) >= 11 is 0. The molecule has 0 heterocycles. The van der Waals surface area contributed by atoms with Crippen molar-refractivity contribution in [2.24, 2.45) is 0 Å². The normalized spacial score (nSPS) is 22.9. The molecule has 1 rings (SSSR count). The first-order valence-corrected chi connectivity index (χ1v) is 10.3. The lowest BCUT2D eigenvalue weighted by Gasteiger charge is -2.36. The van der Waals surface area contributed by atoms with E-state index in [-0.39, 0.29) is 11.5 Å². The fraction of sp³-hybridized carbons (Fsp3) is 0.688. The minimum Gasteiger partial charge on any atom is -0.413 e. The molecule has 1 atom stereocenters. The quantitative estimate of drug-likeness (QED) is 0.674. The summed E-state index contributed by atoms with van der Waals surface area (Å²) in [5.41, 5.74) is -0.658. The Morgan fingerprint density at radius 3 is 2.36 bits per heavy atom. The zero-order valence-corrected chi connectivity index (χ0v) is 15.2. The second kappa shape index (κ2) is 6.72. The van der Waals surface area contributed by atoms with Crippen LogP contribution in [0, 0.1) is 0 Å². The van der Waals surface area contributed by atoms with Gasteiger partial charge in [-0.15, -0.1) is 0 Å². The molecule has 6 heteroatoms. The van der Waals surface area contributed by atoms with Gasteiger partial charge in [-0.3, -0.25) is 4.79 Å². The smallest absolute Gasteiger partial charge is 0.346 e. The number of Topliss-reactive ketones (excluding diaryl/α,β-unsaturated/α-hetero) is 1. The molecule has 0 fully saturated rings. The molecule has 0 saturated carbocycles. The van der Waals surface area contributed by atoms with Gasteiger partial charge in [0.15, 0.2) is 19.7 Å². The summed E-state index contributed by atoms with van der Waals surface area (Å²) in [5, 5.41) is 0.105. The molecule has 22 heavy (non-hydrogen) atoms. The number of carbonyl (C=O) groups excluding carboxylic acids is 1. The van der Waals surface area contributed by atoms with Gasteiger partial charge in [0.2, 0.25) is 0 Å². The molecule has 0 amide bonds. The standard InChI is InChI=1S/C16H26F2O3Si/c1-12(19)16(21-14(17)18)9-7-13(8-10-16)11-20-22(5,6)15(2,3)4/h7-9,14H,10-11H2,1-6H3. The maximum absolute atomic E-state index is 12.5. The molecule has 0 saturated heterocycles. The lowest BCUT2D eigenvalue weighted by molar-refractivity contribution is -0.194. The Balaban J connectivity index is 2.73. The third kappa shape index (κ3) is 4.57. The highest BCUT2D eigenvalue weighted by molar-refractivity contribution is 6.74. The predicted molar refractivity (Wildman–Crippen MR) is 85.5 cm³/mol. The van der Waals surface area contributed by atoms with E-state index in [1.165, 1.54) is 13.0 Å². The Hall–Kier alpha value is -0.853. The van der Waals surface area contributed by atoms with E-state index in [9.17, 15) is 13.6 Å². The van der Waals surface area contributed by atoms with Crippen LogP contribution in [0.5, 0.6) is 0 Å². The van der Waals surface area contributed by atoms with E-state index < -0.39 is 26.3 Å². The average Bonchev–Trinajstić information content (AvgIpc) is 2.35. The number of hydrogen-bond acceptors (Lipinski definition) is 3. The number of rotatable bonds is 6. The minimum absolute atomic E-state index is 0.105. The van der Waals surface area contributed by atoms with Crippen molar-refractivity contribution < 1.29 is 22.7 Å². The summed E-state index contributed by atoms with van der Waals surface area (Å²) < 4.78 is 35.6. The number of hydrogen-bond donors (Lipinski definition) is 0. The Morgan fingerprint density at radius 2 is 2.00 bits per heavy atom. The molecule has 0 aromatic rings. The highest BCUT2D eigenvalue weighted by Gasteiger charge is 2.39. The topological polar surface area (TPSA) is 35.5 Å². The van der Waals surface area contributed by atoms with Crippen molar-refractivity contribution in [2.75, 3.05) is 6.61 Å². The van der Waals surface area contributed by atoms with E-state index in [4.69, 9.17) is 4.43 Å². The van der Waals surface area contributed by atoms with Crippen molar-refractivity contribution >= 4 is 14.1 Å². The van der Waals surface area contributed by atoms with E-state index in [1.54, 1.807) is 12.2 Å². The fourth-order valence-electron chi connectivity index (χ4n) is 1.84. The molecule has 0 aromatic carbocycles. The van der Waals surface area contributed by atoms with Gasteiger partial charge in [0.1, 0.15) is 0 Å². The molecular formula is C16H26F2O3Si. The monoisotopic (exact) mass is 332 g/mol. The van der Waals surface area contributed by atoms with Gasteiger partial charge in [-0.1, -0.05) is 32.9 Å². The number of carbonyl (C=O) groups is 1. The summed E-state index contributed by atoms with van der Waals surface area (Å²) in [6.45, 7) is 9.48. The van der Waals surface area contributed by atoms with Gasteiger partial charge < -0.3 is 9.16 Å². The maximum Gasteiger partial charge on any atom is 0.346 e. The third-order valence-electron chi connectivity index (χ3n) is 4.54.